The molecule has 1 aromatic rings. The van der Waals surface area contributed by atoms with E-state index in [2.05, 4.69) is 33.0 Å². The molecule has 20 heavy (non-hydrogen) atoms. The van der Waals surface area contributed by atoms with Gasteiger partial charge in [-0.2, -0.15) is 0 Å². The molecule has 1 aromatic heterocycles. The largest absolute Gasteiger partial charge is 0.312 e. The van der Waals surface area contributed by atoms with Crippen LogP contribution < -0.4 is 5.32 Å². The Morgan fingerprint density at radius 2 is 1.95 bits per heavy atom. The summed E-state index contributed by atoms with van der Waals surface area (Å²) < 4.78 is 0. The molecule has 1 N–H and O–H groups in total. The second-order valence-corrected chi connectivity index (χ2v) is 7.71. The third-order valence-electron chi connectivity index (χ3n) is 4.69. The lowest BCUT2D eigenvalue weighted by molar-refractivity contribution is 0.258. The van der Waals surface area contributed by atoms with Crippen LogP contribution in [0.15, 0.2) is 0 Å². The maximum Gasteiger partial charge on any atom is 0.0962 e. The van der Waals surface area contributed by atoms with E-state index in [1.165, 1.54) is 47.7 Å². The van der Waals surface area contributed by atoms with E-state index < -0.39 is 0 Å². The Balaban J connectivity index is 1.92. The molecule has 0 aromatic carbocycles. The van der Waals surface area contributed by atoms with Crippen molar-refractivity contribution >= 4 is 11.3 Å². The van der Waals surface area contributed by atoms with Crippen molar-refractivity contribution in [2.45, 2.75) is 72.3 Å². The molecule has 0 atom stereocenters. The Morgan fingerprint density at radius 3 is 2.55 bits per heavy atom. The summed E-state index contributed by atoms with van der Waals surface area (Å²) in [6, 6.07) is 0. The van der Waals surface area contributed by atoms with Crippen molar-refractivity contribution in [3.8, 4) is 0 Å². The summed E-state index contributed by atoms with van der Waals surface area (Å²) in [7, 11) is 0. The Kier molecular flexibility index (Phi) is 6.03. The molecule has 114 valence electrons. The van der Waals surface area contributed by atoms with Gasteiger partial charge in [-0.1, -0.05) is 20.8 Å². The fourth-order valence-electron chi connectivity index (χ4n) is 3.20. The zero-order chi connectivity index (χ0) is 14.5. The van der Waals surface area contributed by atoms with Crippen LogP contribution in [0.25, 0.3) is 0 Å². The van der Waals surface area contributed by atoms with Crippen molar-refractivity contribution in [1.82, 2.24) is 10.3 Å². The topological polar surface area (TPSA) is 24.9 Å². The number of nitrogens with one attached hydrogen (secondary N) is 1. The van der Waals surface area contributed by atoms with Gasteiger partial charge in [0.2, 0.25) is 0 Å². The van der Waals surface area contributed by atoms with E-state index in [9.17, 15) is 0 Å². The maximum absolute atomic E-state index is 4.86. The van der Waals surface area contributed by atoms with E-state index in [4.69, 9.17) is 4.98 Å². The summed E-state index contributed by atoms with van der Waals surface area (Å²) in [4.78, 5) is 6.31. The van der Waals surface area contributed by atoms with Crippen LogP contribution in [-0.4, -0.2) is 11.5 Å². The van der Waals surface area contributed by atoms with Crippen LogP contribution >= 0.6 is 11.3 Å². The lowest BCUT2D eigenvalue weighted by atomic mass is 9.77. The van der Waals surface area contributed by atoms with Gasteiger partial charge in [-0.15, -0.1) is 11.3 Å². The summed E-state index contributed by atoms with van der Waals surface area (Å²) in [6.45, 7) is 11.2. The third kappa shape index (κ3) is 4.05. The molecule has 1 saturated carbocycles. The molecular weight excluding hydrogens is 264 g/mol. The smallest absolute Gasteiger partial charge is 0.0962 e. The minimum atomic E-state index is 0.730. The fourth-order valence-corrected chi connectivity index (χ4v) is 4.41. The van der Waals surface area contributed by atoms with Crippen molar-refractivity contribution in [3.63, 3.8) is 0 Å². The van der Waals surface area contributed by atoms with Gasteiger partial charge >= 0.3 is 0 Å². The zero-order valence-corrected chi connectivity index (χ0v) is 14.4. The molecule has 0 aliphatic heterocycles. The van der Waals surface area contributed by atoms with Crippen LogP contribution in [0.1, 0.15) is 74.4 Å². The van der Waals surface area contributed by atoms with Gasteiger partial charge in [0, 0.05) is 17.3 Å². The molecule has 0 unspecified atom stereocenters. The number of rotatable bonds is 6. The minimum absolute atomic E-state index is 0.730. The van der Waals surface area contributed by atoms with Crippen molar-refractivity contribution in [1.29, 1.82) is 0 Å². The first-order chi connectivity index (χ1) is 9.61. The van der Waals surface area contributed by atoms with E-state index in [1.54, 1.807) is 0 Å². The number of thiazole rings is 1. The van der Waals surface area contributed by atoms with Crippen LogP contribution in [0, 0.1) is 18.8 Å². The maximum atomic E-state index is 4.86. The lowest BCUT2D eigenvalue weighted by Crippen LogP contribution is -2.17. The Labute approximate surface area is 128 Å². The summed E-state index contributed by atoms with van der Waals surface area (Å²) in [6.07, 6.45) is 6.67. The van der Waals surface area contributed by atoms with Crippen molar-refractivity contribution in [2.75, 3.05) is 6.54 Å². The molecule has 3 heteroatoms. The minimum Gasteiger partial charge on any atom is -0.312 e. The van der Waals surface area contributed by atoms with Crippen LogP contribution in [0.5, 0.6) is 0 Å². The van der Waals surface area contributed by atoms with Gasteiger partial charge in [0.1, 0.15) is 0 Å². The van der Waals surface area contributed by atoms with Gasteiger partial charge in [0.15, 0.2) is 0 Å². The predicted octanol–water partition coefficient (Wildman–Crippen LogP) is 4.88. The third-order valence-corrected chi connectivity index (χ3v) is 6.01. The van der Waals surface area contributed by atoms with Crippen LogP contribution in [-0.2, 0) is 6.54 Å². The predicted molar refractivity (Wildman–Crippen MR) is 88.4 cm³/mol. The molecule has 0 bridgehead atoms. The number of aromatic nitrogens is 1. The van der Waals surface area contributed by atoms with Crippen LogP contribution in [0.3, 0.4) is 0 Å². The van der Waals surface area contributed by atoms with Gasteiger partial charge < -0.3 is 5.32 Å². The fraction of sp³-hybridized carbons (Fsp3) is 0.824. The molecule has 0 saturated heterocycles. The molecular formula is C17H30N2S. The molecule has 0 amide bonds. The second-order valence-electron chi connectivity index (χ2n) is 6.59. The highest BCUT2D eigenvalue weighted by Crippen LogP contribution is 2.40. The molecule has 1 fully saturated rings. The van der Waals surface area contributed by atoms with E-state index in [0.717, 1.165) is 30.8 Å². The van der Waals surface area contributed by atoms with Crippen LogP contribution in [0.4, 0.5) is 0 Å². The van der Waals surface area contributed by atoms with Crippen molar-refractivity contribution in [3.05, 3.63) is 15.6 Å². The number of aryl methyl sites for hydroxylation is 1. The highest BCUT2D eigenvalue weighted by molar-refractivity contribution is 7.11. The first-order valence-electron chi connectivity index (χ1n) is 8.28. The van der Waals surface area contributed by atoms with E-state index >= 15 is 0 Å². The molecule has 1 aliphatic carbocycles. The van der Waals surface area contributed by atoms with Gasteiger partial charge in [0.25, 0.3) is 0 Å². The highest BCUT2D eigenvalue weighted by atomic mass is 32.1. The number of hydrogen-bond donors (Lipinski definition) is 1. The number of hydrogen-bond acceptors (Lipinski definition) is 3. The Bertz CT molecular complexity index is 403. The second kappa shape index (κ2) is 7.56. The normalized spacial score (nSPS) is 23.4. The van der Waals surface area contributed by atoms with E-state index in [1.807, 2.05) is 11.3 Å². The van der Waals surface area contributed by atoms with Crippen molar-refractivity contribution in [2.24, 2.45) is 11.8 Å². The summed E-state index contributed by atoms with van der Waals surface area (Å²) in [5, 5.41) is 4.90. The van der Waals surface area contributed by atoms with Crippen molar-refractivity contribution < 1.29 is 0 Å². The molecule has 1 heterocycles. The SMILES string of the molecule is CCCNCc1sc(C2CCC(C(C)C)CC2)nc1C. The molecule has 1 aliphatic rings. The van der Waals surface area contributed by atoms with Gasteiger partial charge in [0.05, 0.1) is 10.7 Å². The molecule has 2 rings (SSSR count). The Morgan fingerprint density at radius 1 is 1.25 bits per heavy atom. The zero-order valence-electron chi connectivity index (χ0n) is 13.5. The Hall–Kier alpha value is -0.410. The van der Waals surface area contributed by atoms with Crippen LogP contribution in [0.2, 0.25) is 0 Å². The monoisotopic (exact) mass is 294 g/mol. The van der Waals surface area contributed by atoms with Gasteiger partial charge in [-0.3, -0.25) is 0 Å². The standard InChI is InChI=1S/C17H30N2S/c1-5-10-18-11-16-13(4)19-17(20-16)15-8-6-14(7-9-15)12(2)3/h12,14-15,18H,5-11H2,1-4H3. The quantitative estimate of drug-likeness (QED) is 0.756. The summed E-state index contributed by atoms with van der Waals surface area (Å²) in [5.74, 6) is 2.52. The van der Waals surface area contributed by atoms with Gasteiger partial charge in [-0.05, 0) is 57.4 Å². The summed E-state index contributed by atoms with van der Waals surface area (Å²) >= 11 is 1.95. The first-order valence-corrected chi connectivity index (χ1v) is 9.10. The molecule has 2 nitrogen and oxygen atoms in total. The first kappa shape index (κ1) is 16.0. The molecule has 0 radical (unpaired) electrons. The summed E-state index contributed by atoms with van der Waals surface area (Å²) in [5.41, 5.74) is 1.25. The average molecular weight is 295 g/mol. The van der Waals surface area contributed by atoms with Gasteiger partial charge in [-0.25, -0.2) is 4.98 Å². The molecule has 0 spiro atoms. The number of nitrogens with zero attached hydrogens (tertiary/aromatic N) is 1. The highest BCUT2D eigenvalue weighted by Gasteiger charge is 2.26. The average Bonchev–Trinajstić information content (AvgIpc) is 2.81. The van der Waals surface area contributed by atoms with E-state index in [-0.39, 0.29) is 0 Å². The lowest BCUT2D eigenvalue weighted by Gasteiger charge is -2.29. The van der Waals surface area contributed by atoms with E-state index in [0.29, 0.717) is 0 Å².